The Morgan fingerprint density at radius 1 is 0.949 bits per heavy atom. The van der Waals surface area contributed by atoms with Gasteiger partial charge in [-0.05, 0) is 35.6 Å². The van der Waals surface area contributed by atoms with Crippen molar-refractivity contribution < 1.29 is 29.0 Å². The molecule has 39 heavy (non-hydrogen) atoms. The number of carboxylic acid groups (broad SMARTS) is 1. The number of hydrogen-bond donors (Lipinski definition) is 3. The summed E-state index contributed by atoms with van der Waals surface area (Å²) in [5.41, 5.74) is 1.72. The first-order valence-corrected chi connectivity index (χ1v) is 14.7. The van der Waals surface area contributed by atoms with Crippen LogP contribution in [0.5, 0.6) is 5.75 Å². The number of ketones is 1. The molecule has 2 amide bonds. The normalized spacial score (nSPS) is 13.4. The van der Waals surface area contributed by atoms with Gasteiger partial charge in [0.25, 0.3) is 0 Å². The average Bonchev–Trinajstić information content (AvgIpc) is 2.87. The molecule has 3 atom stereocenters. The molecular formula is C29H37BrN2O6S. The monoisotopic (exact) mass is 620 g/mol. The number of Topliss-reactive ketones (excluding diaryl/α,β-unsaturated/α-hetero) is 1. The van der Waals surface area contributed by atoms with Crippen molar-refractivity contribution in [3.8, 4) is 5.75 Å². The molecule has 8 nitrogen and oxygen atoms in total. The molecule has 0 unspecified atom stereocenters. The second kappa shape index (κ2) is 15.7. The van der Waals surface area contributed by atoms with Crippen LogP contribution in [0.2, 0.25) is 0 Å². The molecule has 0 saturated carbocycles. The van der Waals surface area contributed by atoms with Gasteiger partial charge in [-0.3, -0.25) is 19.2 Å². The van der Waals surface area contributed by atoms with Crippen molar-refractivity contribution in [3.63, 3.8) is 0 Å². The summed E-state index contributed by atoms with van der Waals surface area (Å²) in [5.74, 6) is -2.43. The van der Waals surface area contributed by atoms with Gasteiger partial charge < -0.3 is 20.5 Å². The first-order chi connectivity index (χ1) is 18.4. The van der Waals surface area contributed by atoms with Crippen LogP contribution < -0.4 is 15.4 Å². The third kappa shape index (κ3) is 10.0. The minimum atomic E-state index is -1.21. The molecule has 10 heteroatoms. The Hall–Kier alpha value is -2.85. The smallest absolute Gasteiger partial charge is 0.305 e. The van der Waals surface area contributed by atoms with Gasteiger partial charge in [0.15, 0.2) is 5.78 Å². The van der Waals surface area contributed by atoms with E-state index in [4.69, 9.17) is 4.74 Å². The number of amides is 2. The van der Waals surface area contributed by atoms with E-state index in [9.17, 15) is 24.3 Å². The predicted molar refractivity (Wildman–Crippen MR) is 157 cm³/mol. The maximum atomic E-state index is 13.5. The fraction of sp³-hybridized carbons (Fsp3) is 0.448. The van der Waals surface area contributed by atoms with E-state index in [1.807, 2.05) is 56.3 Å². The molecule has 2 rings (SSSR count). The zero-order valence-electron chi connectivity index (χ0n) is 22.9. The van der Waals surface area contributed by atoms with Crippen molar-refractivity contribution in [1.82, 2.24) is 10.6 Å². The predicted octanol–water partition coefficient (Wildman–Crippen LogP) is 4.80. The van der Waals surface area contributed by atoms with E-state index >= 15 is 0 Å². The molecule has 0 spiro atoms. The van der Waals surface area contributed by atoms with Crippen molar-refractivity contribution >= 4 is 51.3 Å². The summed E-state index contributed by atoms with van der Waals surface area (Å²) in [6.45, 7) is 7.37. The SMILES string of the molecule is COc1ccc(Br)cc1[C@@H](C(=O)N[C@H](C(=O)N[C@@H](CC(=O)O)C(=O)CSCc1ccccc1)C(C)C)C(C)C. The molecule has 0 aromatic heterocycles. The Morgan fingerprint density at radius 2 is 1.62 bits per heavy atom. The lowest BCUT2D eigenvalue weighted by Crippen LogP contribution is -2.55. The summed E-state index contributed by atoms with van der Waals surface area (Å²) in [6, 6.07) is 12.8. The summed E-state index contributed by atoms with van der Waals surface area (Å²) in [5, 5.41) is 14.8. The van der Waals surface area contributed by atoms with Crippen molar-refractivity contribution in [1.29, 1.82) is 0 Å². The fourth-order valence-electron chi connectivity index (χ4n) is 4.16. The topological polar surface area (TPSA) is 122 Å². The molecule has 0 fully saturated rings. The number of carbonyl (C=O) groups excluding carboxylic acids is 3. The van der Waals surface area contributed by atoms with Gasteiger partial charge in [-0.1, -0.05) is 74.0 Å². The van der Waals surface area contributed by atoms with Crippen LogP contribution in [0.3, 0.4) is 0 Å². The summed E-state index contributed by atoms with van der Waals surface area (Å²) in [4.78, 5) is 51.2. The Bertz CT molecular complexity index is 1140. The van der Waals surface area contributed by atoms with Gasteiger partial charge in [-0.2, -0.15) is 0 Å². The van der Waals surface area contributed by atoms with Gasteiger partial charge >= 0.3 is 5.97 Å². The van der Waals surface area contributed by atoms with Crippen LogP contribution in [-0.2, 0) is 24.9 Å². The third-order valence-corrected chi connectivity index (χ3v) is 7.68. The Labute approximate surface area is 242 Å². The van der Waals surface area contributed by atoms with Crippen LogP contribution in [-0.4, -0.2) is 53.6 Å². The Morgan fingerprint density at radius 3 is 2.18 bits per heavy atom. The number of rotatable bonds is 15. The molecule has 3 N–H and O–H groups in total. The molecule has 0 aliphatic carbocycles. The van der Waals surface area contributed by atoms with E-state index in [0.717, 1.165) is 10.0 Å². The number of halogens is 1. The van der Waals surface area contributed by atoms with Gasteiger partial charge in [-0.15, -0.1) is 11.8 Å². The van der Waals surface area contributed by atoms with Crippen LogP contribution in [0.15, 0.2) is 53.0 Å². The van der Waals surface area contributed by atoms with Crippen LogP contribution >= 0.6 is 27.7 Å². The zero-order valence-corrected chi connectivity index (χ0v) is 25.3. The molecule has 0 bridgehead atoms. The van der Waals surface area contributed by atoms with Crippen molar-refractivity contribution in [2.75, 3.05) is 12.9 Å². The molecule has 0 aliphatic rings. The molecule has 2 aromatic carbocycles. The van der Waals surface area contributed by atoms with Crippen molar-refractivity contribution in [2.24, 2.45) is 11.8 Å². The summed E-state index contributed by atoms with van der Waals surface area (Å²) in [6.07, 6.45) is -0.543. The lowest BCUT2D eigenvalue weighted by atomic mass is 9.86. The second-order valence-corrected chi connectivity index (χ2v) is 11.8. The zero-order chi connectivity index (χ0) is 29.1. The van der Waals surface area contributed by atoms with E-state index in [1.165, 1.54) is 18.9 Å². The van der Waals surface area contributed by atoms with Crippen molar-refractivity contribution in [3.05, 3.63) is 64.1 Å². The number of nitrogens with one attached hydrogen (secondary N) is 2. The first kappa shape index (κ1) is 32.4. The van der Waals surface area contributed by atoms with Gasteiger partial charge in [0.1, 0.15) is 11.8 Å². The first-order valence-electron chi connectivity index (χ1n) is 12.7. The number of benzene rings is 2. The van der Waals surface area contributed by atoms with Crippen LogP contribution in [0.25, 0.3) is 0 Å². The summed E-state index contributed by atoms with van der Waals surface area (Å²) < 4.78 is 6.27. The number of aliphatic carboxylic acids is 1. The Kier molecular flexibility index (Phi) is 13.0. The van der Waals surface area contributed by atoms with E-state index in [2.05, 4.69) is 26.6 Å². The van der Waals surface area contributed by atoms with Crippen LogP contribution in [0.4, 0.5) is 0 Å². The second-order valence-electron chi connectivity index (χ2n) is 9.94. The van der Waals surface area contributed by atoms with E-state index in [0.29, 0.717) is 17.1 Å². The largest absolute Gasteiger partial charge is 0.496 e. The molecule has 212 valence electrons. The highest BCUT2D eigenvalue weighted by molar-refractivity contribution is 9.10. The maximum absolute atomic E-state index is 13.5. The number of methoxy groups -OCH3 is 1. The highest BCUT2D eigenvalue weighted by Crippen LogP contribution is 2.34. The average molecular weight is 622 g/mol. The minimum absolute atomic E-state index is 0.0456. The molecular weight excluding hydrogens is 584 g/mol. The Balaban J connectivity index is 2.17. The van der Waals surface area contributed by atoms with Crippen LogP contribution in [0.1, 0.15) is 51.2 Å². The molecule has 0 aliphatic heterocycles. The quantitative estimate of drug-likeness (QED) is 0.261. The number of hydrogen-bond acceptors (Lipinski definition) is 6. The highest BCUT2D eigenvalue weighted by atomic mass is 79.9. The van der Waals surface area contributed by atoms with E-state index < -0.39 is 36.3 Å². The van der Waals surface area contributed by atoms with Gasteiger partial charge in [0.2, 0.25) is 11.8 Å². The third-order valence-electron chi connectivity index (χ3n) is 6.16. The van der Waals surface area contributed by atoms with Crippen LogP contribution in [0, 0.1) is 11.8 Å². The standard InChI is InChI=1S/C29H37BrN2O6S/c1-17(2)26(21-13-20(30)11-12-24(21)38-5)28(36)32-27(18(3)4)29(37)31-22(14-25(34)35)23(33)16-39-15-19-9-7-6-8-10-19/h6-13,17-18,22,26-27H,14-16H2,1-5H3,(H,31,37)(H,32,36)(H,34,35)/t22-,26-,27-/m0/s1. The van der Waals surface area contributed by atoms with E-state index in [-0.39, 0.29) is 29.3 Å². The summed E-state index contributed by atoms with van der Waals surface area (Å²) >= 11 is 4.80. The highest BCUT2D eigenvalue weighted by Gasteiger charge is 2.34. The summed E-state index contributed by atoms with van der Waals surface area (Å²) in [7, 11) is 1.53. The van der Waals surface area contributed by atoms with E-state index in [1.54, 1.807) is 19.9 Å². The van der Waals surface area contributed by atoms with Gasteiger partial charge in [0.05, 0.1) is 31.2 Å². The lowest BCUT2D eigenvalue weighted by molar-refractivity contribution is -0.140. The maximum Gasteiger partial charge on any atom is 0.305 e. The molecule has 0 radical (unpaired) electrons. The van der Waals surface area contributed by atoms with Gasteiger partial charge in [0, 0.05) is 15.8 Å². The number of carbonyl (C=O) groups is 4. The molecule has 2 aromatic rings. The number of thioether (sulfide) groups is 1. The molecule has 0 heterocycles. The van der Waals surface area contributed by atoms with Gasteiger partial charge in [-0.25, -0.2) is 0 Å². The lowest BCUT2D eigenvalue weighted by Gasteiger charge is -2.28. The number of carboxylic acids is 1. The molecule has 0 saturated heterocycles. The minimum Gasteiger partial charge on any atom is -0.496 e. The van der Waals surface area contributed by atoms with Crippen molar-refractivity contribution in [2.45, 2.75) is 57.9 Å². The number of ether oxygens (including phenoxy) is 1. The fourth-order valence-corrected chi connectivity index (χ4v) is 5.47.